The van der Waals surface area contributed by atoms with E-state index in [2.05, 4.69) is 10.6 Å². The van der Waals surface area contributed by atoms with Crippen molar-refractivity contribution in [1.29, 1.82) is 0 Å². The molecule has 0 saturated heterocycles. The van der Waals surface area contributed by atoms with Gasteiger partial charge in [-0.05, 0) is 43.3 Å². The smallest absolute Gasteiger partial charge is 0.255 e. The summed E-state index contributed by atoms with van der Waals surface area (Å²) >= 11 is 7.56. The number of hydrogen-bond acceptors (Lipinski definition) is 5. The van der Waals surface area contributed by atoms with E-state index >= 15 is 0 Å². The number of thioether (sulfide) groups is 1. The Morgan fingerprint density at radius 1 is 1.20 bits per heavy atom. The van der Waals surface area contributed by atoms with E-state index in [1.807, 2.05) is 6.92 Å². The van der Waals surface area contributed by atoms with Gasteiger partial charge in [-0.15, -0.1) is 11.8 Å². The van der Waals surface area contributed by atoms with Crippen LogP contribution in [0.5, 0.6) is 0 Å². The van der Waals surface area contributed by atoms with E-state index < -0.39 is 15.9 Å². The van der Waals surface area contributed by atoms with E-state index in [4.69, 9.17) is 11.6 Å². The Balaban J connectivity index is 1.86. The maximum atomic E-state index is 12.8. The van der Waals surface area contributed by atoms with Crippen molar-refractivity contribution >= 4 is 56.6 Å². The molecule has 0 spiro atoms. The first-order valence-corrected chi connectivity index (χ1v) is 12.1. The van der Waals surface area contributed by atoms with Gasteiger partial charge in [0.1, 0.15) is 4.90 Å². The number of fused-ring (bicyclic) bond motifs is 1. The molecular weight excluding hydrogens is 446 g/mol. The zero-order valence-electron chi connectivity index (χ0n) is 16.7. The molecule has 0 bridgehead atoms. The van der Waals surface area contributed by atoms with Gasteiger partial charge in [0.05, 0.1) is 16.0 Å². The molecule has 2 aromatic carbocycles. The molecule has 1 heterocycles. The highest BCUT2D eigenvalue weighted by Gasteiger charge is 2.26. The van der Waals surface area contributed by atoms with E-state index in [1.165, 1.54) is 28.2 Å². The molecule has 0 aliphatic carbocycles. The van der Waals surface area contributed by atoms with Crippen molar-refractivity contribution in [3.05, 3.63) is 47.0 Å². The minimum Gasteiger partial charge on any atom is -0.324 e. The van der Waals surface area contributed by atoms with Crippen LogP contribution in [0, 0.1) is 0 Å². The molecule has 1 aliphatic rings. The highest BCUT2D eigenvalue weighted by atomic mass is 35.5. The van der Waals surface area contributed by atoms with Crippen LogP contribution in [0.2, 0.25) is 5.02 Å². The summed E-state index contributed by atoms with van der Waals surface area (Å²) in [4.78, 5) is 25.4. The quantitative estimate of drug-likeness (QED) is 0.668. The second-order valence-corrected chi connectivity index (χ2v) is 10.3. The first kappa shape index (κ1) is 22.6. The lowest BCUT2D eigenvalue weighted by Crippen LogP contribution is -2.30. The summed E-state index contributed by atoms with van der Waals surface area (Å²) < 4.78 is 27.0. The Kier molecular flexibility index (Phi) is 6.76. The molecule has 0 radical (unpaired) electrons. The maximum Gasteiger partial charge on any atom is 0.255 e. The van der Waals surface area contributed by atoms with Crippen LogP contribution in [0.3, 0.4) is 0 Å². The molecule has 0 saturated carbocycles. The molecular formula is C20H22ClN3O4S2. The molecule has 2 aromatic rings. The van der Waals surface area contributed by atoms with Crippen LogP contribution in [0.25, 0.3) is 0 Å². The Hall–Kier alpha value is -2.07. The zero-order valence-corrected chi connectivity index (χ0v) is 19.1. The Bertz CT molecular complexity index is 1100. The van der Waals surface area contributed by atoms with Crippen LogP contribution in [-0.4, -0.2) is 42.9 Å². The van der Waals surface area contributed by atoms with Crippen LogP contribution in [0.15, 0.2) is 46.2 Å². The summed E-state index contributed by atoms with van der Waals surface area (Å²) in [6.07, 6.45) is 0. The van der Waals surface area contributed by atoms with Gasteiger partial charge in [0.15, 0.2) is 0 Å². The molecule has 10 heteroatoms. The SMILES string of the molecule is CCN(CC)S(=O)(=O)c1cc(NC(=O)c2ccc3c(c2)NC(=O)C(C)S3)ccc1Cl. The molecule has 2 amide bonds. The monoisotopic (exact) mass is 467 g/mol. The summed E-state index contributed by atoms with van der Waals surface area (Å²) in [5.41, 5.74) is 1.23. The highest BCUT2D eigenvalue weighted by molar-refractivity contribution is 8.01. The van der Waals surface area contributed by atoms with Crippen molar-refractivity contribution in [2.24, 2.45) is 0 Å². The number of amides is 2. The van der Waals surface area contributed by atoms with E-state index in [0.29, 0.717) is 30.0 Å². The Morgan fingerprint density at radius 2 is 1.90 bits per heavy atom. The zero-order chi connectivity index (χ0) is 22.1. The van der Waals surface area contributed by atoms with Crippen molar-refractivity contribution < 1.29 is 18.0 Å². The first-order chi connectivity index (χ1) is 14.2. The van der Waals surface area contributed by atoms with Crippen LogP contribution >= 0.6 is 23.4 Å². The van der Waals surface area contributed by atoms with Gasteiger partial charge >= 0.3 is 0 Å². The Labute approximate surface area is 185 Å². The first-order valence-electron chi connectivity index (χ1n) is 9.40. The number of hydrogen-bond donors (Lipinski definition) is 2. The highest BCUT2D eigenvalue weighted by Crippen LogP contribution is 2.36. The normalized spacial score (nSPS) is 16.2. The molecule has 1 unspecified atom stereocenters. The summed E-state index contributed by atoms with van der Waals surface area (Å²) in [5.74, 6) is -0.543. The average Bonchev–Trinajstić information content (AvgIpc) is 2.70. The number of sulfonamides is 1. The minimum atomic E-state index is -3.78. The molecule has 0 fully saturated rings. The Morgan fingerprint density at radius 3 is 2.57 bits per heavy atom. The predicted octanol–water partition coefficient (Wildman–Crippen LogP) is 4.06. The summed E-state index contributed by atoms with van der Waals surface area (Å²) in [6.45, 7) is 5.92. The van der Waals surface area contributed by atoms with Crippen LogP contribution in [0.4, 0.5) is 11.4 Å². The van der Waals surface area contributed by atoms with Crippen LogP contribution in [0.1, 0.15) is 31.1 Å². The van der Waals surface area contributed by atoms with Crippen molar-refractivity contribution in [3.8, 4) is 0 Å². The van der Waals surface area contributed by atoms with Crippen molar-refractivity contribution in [3.63, 3.8) is 0 Å². The lowest BCUT2D eigenvalue weighted by molar-refractivity contribution is -0.115. The van der Waals surface area contributed by atoms with Gasteiger partial charge in [-0.1, -0.05) is 25.4 Å². The molecule has 3 rings (SSSR count). The van der Waals surface area contributed by atoms with E-state index in [-0.39, 0.29) is 21.1 Å². The van der Waals surface area contributed by atoms with Gasteiger partial charge in [-0.25, -0.2) is 8.42 Å². The maximum absolute atomic E-state index is 12.8. The van der Waals surface area contributed by atoms with Gasteiger partial charge < -0.3 is 10.6 Å². The molecule has 1 atom stereocenters. The third kappa shape index (κ3) is 4.49. The van der Waals surface area contributed by atoms with Crippen molar-refractivity contribution in [1.82, 2.24) is 4.31 Å². The lowest BCUT2D eigenvalue weighted by atomic mass is 10.1. The summed E-state index contributed by atoms with van der Waals surface area (Å²) in [7, 11) is -3.78. The topological polar surface area (TPSA) is 95.6 Å². The third-order valence-corrected chi connectivity index (χ3v) is 8.39. The number of nitrogens with one attached hydrogen (secondary N) is 2. The molecule has 2 N–H and O–H groups in total. The fourth-order valence-electron chi connectivity index (χ4n) is 3.03. The molecule has 0 aromatic heterocycles. The van der Waals surface area contributed by atoms with E-state index in [9.17, 15) is 18.0 Å². The third-order valence-electron chi connectivity index (χ3n) is 4.68. The number of anilines is 2. The number of rotatable bonds is 6. The van der Waals surface area contributed by atoms with Gasteiger partial charge in [-0.3, -0.25) is 9.59 Å². The van der Waals surface area contributed by atoms with Crippen molar-refractivity contribution in [2.45, 2.75) is 35.8 Å². The molecule has 30 heavy (non-hydrogen) atoms. The largest absolute Gasteiger partial charge is 0.324 e. The number of carbonyl (C=O) groups excluding carboxylic acids is 2. The number of halogens is 1. The van der Waals surface area contributed by atoms with Crippen molar-refractivity contribution in [2.75, 3.05) is 23.7 Å². The summed E-state index contributed by atoms with van der Waals surface area (Å²) in [5, 5.41) is 5.38. The number of nitrogens with zero attached hydrogens (tertiary/aromatic N) is 1. The fourth-order valence-corrected chi connectivity index (χ4v) is 5.92. The molecule has 1 aliphatic heterocycles. The second-order valence-electron chi connectivity index (χ2n) is 6.65. The predicted molar refractivity (Wildman–Crippen MR) is 120 cm³/mol. The molecule has 160 valence electrons. The standard InChI is InChI=1S/C20H22ClN3O4S2/c1-4-24(5-2)30(27,28)18-11-14(7-8-15(18)21)22-20(26)13-6-9-17-16(10-13)23-19(25)12(3)29-17/h6-12H,4-5H2,1-3H3,(H,22,26)(H,23,25). The van der Waals surface area contributed by atoms with Gasteiger partial charge in [0.2, 0.25) is 15.9 Å². The van der Waals surface area contributed by atoms with Crippen LogP contribution in [-0.2, 0) is 14.8 Å². The van der Waals surface area contributed by atoms with Crippen LogP contribution < -0.4 is 10.6 Å². The van der Waals surface area contributed by atoms with Gasteiger partial charge in [0, 0.05) is 29.2 Å². The van der Waals surface area contributed by atoms with E-state index in [0.717, 1.165) is 4.90 Å². The molecule has 7 nitrogen and oxygen atoms in total. The second kappa shape index (κ2) is 8.97. The number of carbonyl (C=O) groups is 2. The lowest BCUT2D eigenvalue weighted by Gasteiger charge is -2.22. The fraction of sp³-hybridized carbons (Fsp3) is 0.300. The van der Waals surface area contributed by atoms with Gasteiger partial charge in [-0.2, -0.15) is 4.31 Å². The average molecular weight is 468 g/mol. The van der Waals surface area contributed by atoms with E-state index in [1.54, 1.807) is 38.1 Å². The van der Waals surface area contributed by atoms with Gasteiger partial charge in [0.25, 0.3) is 5.91 Å². The minimum absolute atomic E-state index is 0.0613. The summed E-state index contributed by atoms with van der Waals surface area (Å²) in [6, 6.07) is 9.38. The number of benzene rings is 2.